The average Bonchev–Trinajstić information content (AvgIpc) is 2.98. The molecule has 0 saturated carbocycles. The van der Waals surface area contributed by atoms with E-state index in [0.29, 0.717) is 12.1 Å². The SMILES string of the molecule is CCNC(c1cc(CC)ccc1CC)C1CCCO1. The molecule has 0 bridgehead atoms. The molecule has 2 rings (SSSR count). The van der Waals surface area contributed by atoms with Crippen molar-refractivity contribution in [3.05, 3.63) is 34.9 Å². The van der Waals surface area contributed by atoms with E-state index in [2.05, 4.69) is 44.3 Å². The summed E-state index contributed by atoms with van der Waals surface area (Å²) in [4.78, 5) is 0. The monoisotopic (exact) mass is 261 g/mol. The fourth-order valence-electron chi connectivity index (χ4n) is 3.00. The molecule has 106 valence electrons. The van der Waals surface area contributed by atoms with Gasteiger partial charge in [0, 0.05) is 6.61 Å². The fraction of sp³-hybridized carbons (Fsp3) is 0.647. The molecule has 2 unspecified atom stereocenters. The second kappa shape index (κ2) is 7.06. The van der Waals surface area contributed by atoms with Crippen molar-refractivity contribution < 1.29 is 4.74 Å². The Morgan fingerprint density at radius 3 is 2.68 bits per heavy atom. The van der Waals surface area contributed by atoms with E-state index >= 15 is 0 Å². The van der Waals surface area contributed by atoms with Crippen LogP contribution in [0.1, 0.15) is 56.3 Å². The molecule has 1 aliphatic rings. The molecule has 1 aliphatic heterocycles. The van der Waals surface area contributed by atoms with Crippen LogP contribution >= 0.6 is 0 Å². The maximum atomic E-state index is 5.93. The van der Waals surface area contributed by atoms with Gasteiger partial charge in [-0.3, -0.25) is 0 Å². The molecule has 1 N–H and O–H groups in total. The molecule has 19 heavy (non-hydrogen) atoms. The first-order valence-electron chi connectivity index (χ1n) is 7.76. The molecule has 0 aliphatic carbocycles. The molecule has 1 saturated heterocycles. The predicted molar refractivity (Wildman–Crippen MR) is 80.6 cm³/mol. The second-order valence-corrected chi connectivity index (χ2v) is 5.33. The molecule has 0 spiro atoms. The summed E-state index contributed by atoms with van der Waals surface area (Å²) in [5.74, 6) is 0. The van der Waals surface area contributed by atoms with Crippen LogP contribution in [0.4, 0.5) is 0 Å². The van der Waals surface area contributed by atoms with Gasteiger partial charge < -0.3 is 10.1 Å². The van der Waals surface area contributed by atoms with Crippen molar-refractivity contribution in [3.63, 3.8) is 0 Å². The Morgan fingerprint density at radius 2 is 2.11 bits per heavy atom. The van der Waals surface area contributed by atoms with Crippen molar-refractivity contribution in [1.82, 2.24) is 5.32 Å². The van der Waals surface area contributed by atoms with E-state index < -0.39 is 0 Å². The van der Waals surface area contributed by atoms with Crippen molar-refractivity contribution in [1.29, 1.82) is 0 Å². The summed E-state index contributed by atoms with van der Waals surface area (Å²) in [5, 5.41) is 3.64. The van der Waals surface area contributed by atoms with Gasteiger partial charge in [0.15, 0.2) is 0 Å². The smallest absolute Gasteiger partial charge is 0.0770 e. The van der Waals surface area contributed by atoms with E-state index in [-0.39, 0.29) is 0 Å². The Morgan fingerprint density at radius 1 is 1.26 bits per heavy atom. The lowest BCUT2D eigenvalue weighted by Gasteiger charge is -2.27. The van der Waals surface area contributed by atoms with Gasteiger partial charge in [0.25, 0.3) is 0 Å². The topological polar surface area (TPSA) is 21.3 Å². The molecule has 1 fully saturated rings. The van der Waals surface area contributed by atoms with E-state index in [4.69, 9.17) is 4.74 Å². The van der Waals surface area contributed by atoms with Gasteiger partial charge in [0.2, 0.25) is 0 Å². The van der Waals surface area contributed by atoms with E-state index in [1.165, 1.54) is 29.5 Å². The summed E-state index contributed by atoms with van der Waals surface area (Å²) >= 11 is 0. The first-order valence-corrected chi connectivity index (χ1v) is 7.76. The van der Waals surface area contributed by atoms with Crippen molar-refractivity contribution in [2.75, 3.05) is 13.2 Å². The third kappa shape index (κ3) is 3.37. The highest BCUT2D eigenvalue weighted by atomic mass is 16.5. The maximum absolute atomic E-state index is 5.93. The fourth-order valence-corrected chi connectivity index (χ4v) is 3.00. The number of hydrogen-bond acceptors (Lipinski definition) is 2. The van der Waals surface area contributed by atoms with Crippen molar-refractivity contribution in [2.45, 2.75) is 58.6 Å². The van der Waals surface area contributed by atoms with Crippen molar-refractivity contribution in [3.8, 4) is 0 Å². The number of nitrogens with one attached hydrogen (secondary N) is 1. The minimum absolute atomic E-state index is 0.345. The lowest BCUT2D eigenvalue weighted by molar-refractivity contribution is 0.0785. The van der Waals surface area contributed by atoms with E-state index in [0.717, 1.165) is 26.0 Å². The first kappa shape index (κ1) is 14.5. The van der Waals surface area contributed by atoms with Gasteiger partial charge in [0.1, 0.15) is 0 Å². The van der Waals surface area contributed by atoms with Crippen LogP contribution < -0.4 is 5.32 Å². The lowest BCUT2D eigenvalue weighted by Crippen LogP contribution is -2.32. The third-order valence-electron chi connectivity index (χ3n) is 4.10. The van der Waals surface area contributed by atoms with Crippen LogP contribution in [0.2, 0.25) is 0 Å². The van der Waals surface area contributed by atoms with E-state index in [1.807, 2.05) is 0 Å². The van der Waals surface area contributed by atoms with Crippen LogP contribution in [0.15, 0.2) is 18.2 Å². The highest BCUT2D eigenvalue weighted by Gasteiger charge is 2.28. The Hall–Kier alpha value is -0.860. The standard InChI is InChI=1S/C17H27NO/c1-4-13-9-10-14(5-2)15(12-13)17(18-6-3)16-8-7-11-19-16/h9-10,12,16-18H,4-8,11H2,1-3H3. The van der Waals surface area contributed by atoms with Gasteiger partial charge in [-0.2, -0.15) is 0 Å². The Bertz CT molecular complexity index is 396. The molecular weight excluding hydrogens is 234 g/mol. The zero-order valence-corrected chi connectivity index (χ0v) is 12.5. The summed E-state index contributed by atoms with van der Waals surface area (Å²) in [6, 6.07) is 7.30. The summed E-state index contributed by atoms with van der Waals surface area (Å²) in [6.07, 6.45) is 4.91. The zero-order valence-electron chi connectivity index (χ0n) is 12.5. The van der Waals surface area contributed by atoms with Gasteiger partial charge >= 0.3 is 0 Å². The number of aryl methyl sites for hydroxylation is 2. The Balaban J connectivity index is 2.32. The summed E-state index contributed by atoms with van der Waals surface area (Å²) in [5.41, 5.74) is 4.34. The van der Waals surface area contributed by atoms with Gasteiger partial charge in [-0.25, -0.2) is 0 Å². The maximum Gasteiger partial charge on any atom is 0.0770 e. The highest BCUT2D eigenvalue weighted by molar-refractivity contribution is 5.35. The highest BCUT2D eigenvalue weighted by Crippen LogP contribution is 2.30. The molecule has 1 aromatic rings. The number of benzene rings is 1. The van der Waals surface area contributed by atoms with E-state index in [9.17, 15) is 0 Å². The largest absolute Gasteiger partial charge is 0.376 e. The number of ether oxygens (including phenoxy) is 1. The lowest BCUT2D eigenvalue weighted by atomic mass is 9.91. The quantitative estimate of drug-likeness (QED) is 0.844. The minimum Gasteiger partial charge on any atom is -0.376 e. The molecule has 0 aromatic heterocycles. The zero-order chi connectivity index (χ0) is 13.7. The molecule has 2 heteroatoms. The molecule has 2 atom stereocenters. The first-order chi connectivity index (χ1) is 9.30. The molecule has 0 amide bonds. The third-order valence-corrected chi connectivity index (χ3v) is 4.10. The summed E-state index contributed by atoms with van der Waals surface area (Å²) in [7, 11) is 0. The molecular formula is C17H27NO. The normalized spacial score (nSPS) is 20.7. The average molecular weight is 261 g/mol. The van der Waals surface area contributed by atoms with Gasteiger partial charge in [-0.05, 0) is 48.9 Å². The van der Waals surface area contributed by atoms with Gasteiger partial charge in [0.05, 0.1) is 12.1 Å². The number of rotatable bonds is 6. The van der Waals surface area contributed by atoms with Crippen LogP contribution in [0.5, 0.6) is 0 Å². The molecule has 1 heterocycles. The second-order valence-electron chi connectivity index (χ2n) is 5.33. The van der Waals surface area contributed by atoms with Crippen LogP contribution in [0.25, 0.3) is 0 Å². The Labute approximate surface area is 117 Å². The van der Waals surface area contributed by atoms with Gasteiger partial charge in [-0.1, -0.05) is 39.0 Å². The van der Waals surface area contributed by atoms with Crippen molar-refractivity contribution >= 4 is 0 Å². The number of hydrogen-bond donors (Lipinski definition) is 1. The summed E-state index contributed by atoms with van der Waals surface area (Å²) in [6.45, 7) is 8.55. The van der Waals surface area contributed by atoms with Crippen molar-refractivity contribution in [2.24, 2.45) is 0 Å². The van der Waals surface area contributed by atoms with Crippen LogP contribution in [0.3, 0.4) is 0 Å². The van der Waals surface area contributed by atoms with Gasteiger partial charge in [-0.15, -0.1) is 0 Å². The van der Waals surface area contributed by atoms with Crippen LogP contribution in [0, 0.1) is 0 Å². The number of likely N-dealkylation sites (N-methyl/N-ethyl adjacent to an activating group) is 1. The van der Waals surface area contributed by atoms with Crippen LogP contribution in [-0.2, 0) is 17.6 Å². The van der Waals surface area contributed by atoms with E-state index in [1.54, 1.807) is 0 Å². The summed E-state index contributed by atoms with van der Waals surface area (Å²) < 4.78 is 5.93. The molecule has 2 nitrogen and oxygen atoms in total. The molecule has 1 aromatic carbocycles. The Kier molecular flexibility index (Phi) is 5.41. The minimum atomic E-state index is 0.345. The predicted octanol–water partition coefficient (Wildman–Crippen LogP) is 3.64. The van der Waals surface area contributed by atoms with Crippen LogP contribution in [-0.4, -0.2) is 19.3 Å². The molecule has 0 radical (unpaired) electrons.